The van der Waals surface area contributed by atoms with Crippen LogP contribution in [0.15, 0.2) is 76.3 Å². The fourth-order valence-electron chi connectivity index (χ4n) is 3.85. The summed E-state index contributed by atoms with van der Waals surface area (Å²) < 4.78 is 11.7. The van der Waals surface area contributed by atoms with Gasteiger partial charge in [-0.25, -0.2) is 5.43 Å². The number of halogens is 1. The van der Waals surface area contributed by atoms with Gasteiger partial charge in [0.25, 0.3) is 11.8 Å². The molecule has 0 saturated heterocycles. The number of hydrazone groups is 1. The molecule has 0 unspecified atom stereocenters. The second-order valence-electron chi connectivity index (χ2n) is 9.12. The van der Waals surface area contributed by atoms with Gasteiger partial charge in [-0.1, -0.05) is 57.9 Å². The number of rotatable bonds is 15. The van der Waals surface area contributed by atoms with Crippen LogP contribution in [0.1, 0.15) is 51.3 Å². The minimum absolute atomic E-state index is 0.291. The van der Waals surface area contributed by atoms with Crippen molar-refractivity contribution in [2.45, 2.75) is 27.3 Å². The Morgan fingerprint density at radius 3 is 2.17 bits per heavy atom. The average molecular weight is 610 g/mol. The first-order valence-electron chi connectivity index (χ1n) is 13.4. The number of benzene rings is 3. The fraction of sp³-hybridized carbons (Fsp3) is 0.323. The molecular weight excluding hydrogens is 572 g/mol. The van der Waals surface area contributed by atoms with Crippen LogP contribution in [0.4, 0.5) is 5.69 Å². The van der Waals surface area contributed by atoms with Gasteiger partial charge in [0.1, 0.15) is 0 Å². The zero-order chi connectivity index (χ0) is 28.7. The molecule has 0 atom stereocenters. The summed E-state index contributed by atoms with van der Waals surface area (Å²) >= 11 is 3.40. The van der Waals surface area contributed by atoms with Gasteiger partial charge in [0.2, 0.25) is 0 Å². The first kappa shape index (κ1) is 31.2. The lowest BCUT2D eigenvalue weighted by molar-refractivity contribution is 0.0798. The van der Waals surface area contributed by atoms with E-state index in [1.807, 2.05) is 57.2 Å². The van der Waals surface area contributed by atoms with Crippen molar-refractivity contribution in [2.24, 2.45) is 5.10 Å². The van der Waals surface area contributed by atoms with Crippen LogP contribution in [0.5, 0.6) is 0 Å². The van der Waals surface area contributed by atoms with Crippen LogP contribution in [0.3, 0.4) is 0 Å². The molecule has 0 aromatic heterocycles. The van der Waals surface area contributed by atoms with Gasteiger partial charge in [-0.3, -0.25) is 14.5 Å². The highest BCUT2D eigenvalue weighted by molar-refractivity contribution is 9.10. The third kappa shape index (κ3) is 10.3. The van der Waals surface area contributed by atoms with Crippen LogP contribution in [0.2, 0.25) is 0 Å². The van der Waals surface area contributed by atoms with E-state index in [1.165, 1.54) is 0 Å². The zero-order valence-electron chi connectivity index (χ0n) is 23.3. The lowest BCUT2D eigenvalue weighted by atomic mass is 10.1. The third-order valence-corrected chi connectivity index (χ3v) is 6.56. The normalized spacial score (nSPS) is 11.2. The van der Waals surface area contributed by atoms with Crippen molar-refractivity contribution < 1.29 is 19.1 Å². The van der Waals surface area contributed by atoms with Crippen molar-refractivity contribution in [3.63, 3.8) is 0 Å². The number of aryl methyl sites for hydroxylation is 1. The number of nitrogens with zero attached hydrogens (tertiary/aromatic N) is 2. The van der Waals surface area contributed by atoms with E-state index < -0.39 is 5.91 Å². The van der Waals surface area contributed by atoms with Gasteiger partial charge in [0, 0.05) is 42.9 Å². The Kier molecular flexibility index (Phi) is 13.0. The maximum absolute atomic E-state index is 13.1. The van der Waals surface area contributed by atoms with Crippen LogP contribution in [-0.2, 0) is 16.0 Å². The smallest absolute Gasteiger partial charge is 0.273 e. The molecular formula is C31H37BrN4O4. The standard InChI is InChI=1S/C31H37BrN4O4/c1-4-39-18-16-36(17-19-40-5-2)22-25-10-12-26(13-11-25)30(37)34-29-15-14-27(32)20-28(29)31(38)35-33-21-24-8-6-23(3)7-9-24/h6-15,20-21H,4-5,16-19,22H2,1-3H3,(H,34,37)(H,35,38)/b33-21+. The molecule has 8 nitrogen and oxygen atoms in total. The van der Waals surface area contributed by atoms with Crippen molar-refractivity contribution in [2.75, 3.05) is 44.8 Å². The molecule has 0 radical (unpaired) electrons. The zero-order valence-corrected chi connectivity index (χ0v) is 24.9. The van der Waals surface area contributed by atoms with E-state index in [-0.39, 0.29) is 5.91 Å². The minimum atomic E-state index is -0.436. The molecule has 0 heterocycles. The van der Waals surface area contributed by atoms with Crippen molar-refractivity contribution >= 4 is 39.6 Å². The topological polar surface area (TPSA) is 92.3 Å². The van der Waals surface area contributed by atoms with Gasteiger partial charge in [0.05, 0.1) is 30.7 Å². The second kappa shape index (κ2) is 16.7. The van der Waals surface area contributed by atoms with Crippen LogP contribution < -0.4 is 10.7 Å². The van der Waals surface area contributed by atoms with E-state index in [2.05, 4.69) is 36.7 Å². The molecule has 0 aliphatic heterocycles. The van der Waals surface area contributed by atoms with Crippen LogP contribution in [0, 0.1) is 6.92 Å². The molecule has 2 amide bonds. The summed E-state index contributed by atoms with van der Waals surface area (Å²) in [4.78, 5) is 28.2. The van der Waals surface area contributed by atoms with Gasteiger partial charge in [-0.2, -0.15) is 5.10 Å². The Labute approximate surface area is 244 Å². The summed E-state index contributed by atoms with van der Waals surface area (Å²) in [5, 5.41) is 6.93. The SMILES string of the molecule is CCOCCN(CCOCC)Cc1ccc(C(=O)Nc2ccc(Br)cc2C(=O)N/N=C/c2ccc(C)cc2)cc1. The Morgan fingerprint density at radius 2 is 1.55 bits per heavy atom. The van der Waals surface area contributed by atoms with Gasteiger partial charge in [0.15, 0.2) is 0 Å². The number of ether oxygens (including phenoxy) is 2. The van der Waals surface area contributed by atoms with E-state index in [0.29, 0.717) is 47.7 Å². The summed E-state index contributed by atoms with van der Waals surface area (Å²) in [6.07, 6.45) is 1.57. The van der Waals surface area contributed by atoms with Gasteiger partial charge >= 0.3 is 0 Å². The molecule has 0 aliphatic rings. The van der Waals surface area contributed by atoms with Crippen LogP contribution in [0.25, 0.3) is 0 Å². The summed E-state index contributed by atoms with van der Waals surface area (Å²) in [6.45, 7) is 11.0. The van der Waals surface area contributed by atoms with Crippen LogP contribution in [-0.4, -0.2) is 62.4 Å². The molecule has 212 valence electrons. The Bertz CT molecular complexity index is 1250. The molecule has 40 heavy (non-hydrogen) atoms. The highest BCUT2D eigenvalue weighted by Gasteiger charge is 2.15. The Hall–Kier alpha value is -3.37. The molecule has 0 aliphatic carbocycles. The number of nitrogens with one attached hydrogen (secondary N) is 2. The lowest BCUT2D eigenvalue weighted by Crippen LogP contribution is -2.30. The predicted molar refractivity (Wildman–Crippen MR) is 163 cm³/mol. The van der Waals surface area contributed by atoms with Gasteiger partial charge in [-0.15, -0.1) is 0 Å². The van der Waals surface area contributed by atoms with Crippen molar-refractivity contribution in [1.29, 1.82) is 0 Å². The van der Waals surface area contributed by atoms with Gasteiger partial charge < -0.3 is 14.8 Å². The summed E-state index contributed by atoms with van der Waals surface area (Å²) in [7, 11) is 0. The molecule has 3 rings (SSSR count). The number of hydrogen-bond acceptors (Lipinski definition) is 6. The average Bonchev–Trinajstić information content (AvgIpc) is 2.95. The number of carbonyl (C=O) groups is 2. The molecule has 9 heteroatoms. The van der Waals surface area contributed by atoms with Crippen LogP contribution >= 0.6 is 15.9 Å². The van der Waals surface area contributed by atoms with Crippen molar-refractivity contribution in [3.05, 3.63) is 99.0 Å². The monoisotopic (exact) mass is 608 g/mol. The third-order valence-electron chi connectivity index (χ3n) is 6.07. The number of carbonyl (C=O) groups excluding carboxylic acids is 2. The van der Waals surface area contributed by atoms with E-state index in [0.717, 1.165) is 36.3 Å². The lowest BCUT2D eigenvalue weighted by Gasteiger charge is -2.22. The predicted octanol–water partition coefficient (Wildman–Crippen LogP) is 5.65. The summed E-state index contributed by atoms with van der Waals surface area (Å²) in [5.41, 5.74) is 6.80. The summed E-state index contributed by atoms with van der Waals surface area (Å²) in [6, 6.07) is 20.3. The van der Waals surface area contributed by atoms with Crippen molar-refractivity contribution in [3.8, 4) is 0 Å². The highest BCUT2D eigenvalue weighted by atomic mass is 79.9. The van der Waals surface area contributed by atoms with Crippen molar-refractivity contribution in [1.82, 2.24) is 10.3 Å². The highest BCUT2D eigenvalue weighted by Crippen LogP contribution is 2.22. The molecule has 2 N–H and O–H groups in total. The second-order valence-corrected chi connectivity index (χ2v) is 10.0. The molecule has 0 fully saturated rings. The van der Waals surface area contributed by atoms with E-state index in [4.69, 9.17) is 9.47 Å². The first-order valence-corrected chi connectivity index (χ1v) is 14.2. The maximum atomic E-state index is 13.1. The van der Waals surface area contributed by atoms with E-state index >= 15 is 0 Å². The largest absolute Gasteiger partial charge is 0.380 e. The summed E-state index contributed by atoms with van der Waals surface area (Å²) in [5.74, 6) is -0.745. The fourth-order valence-corrected chi connectivity index (χ4v) is 4.21. The number of hydrogen-bond donors (Lipinski definition) is 2. The molecule has 3 aromatic carbocycles. The number of anilines is 1. The quantitative estimate of drug-likeness (QED) is 0.132. The maximum Gasteiger partial charge on any atom is 0.273 e. The molecule has 0 bridgehead atoms. The number of amides is 2. The molecule has 0 saturated carbocycles. The minimum Gasteiger partial charge on any atom is -0.380 e. The Morgan fingerprint density at radius 1 is 0.900 bits per heavy atom. The molecule has 3 aromatic rings. The van der Waals surface area contributed by atoms with E-state index in [9.17, 15) is 9.59 Å². The molecule has 0 spiro atoms. The van der Waals surface area contributed by atoms with Gasteiger partial charge in [-0.05, 0) is 62.2 Å². The Balaban J connectivity index is 1.64. The first-order chi connectivity index (χ1) is 19.4. The van der Waals surface area contributed by atoms with E-state index in [1.54, 1.807) is 36.5 Å².